The summed E-state index contributed by atoms with van der Waals surface area (Å²) in [6.45, 7) is 1.98. The fourth-order valence-corrected chi connectivity index (χ4v) is 1.96. The molecule has 0 aliphatic rings. The van der Waals surface area contributed by atoms with Crippen molar-refractivity contribution < 1.29 is 0 Å². The highest BCUT2D eigenvalue weighted by Crippen LogP contribution is 2.21. The van der Waals surface area contributed by atoms with Gasteiger partial charge in [-0.25, -0.2) is 9.97 Å². The summed E-state index contributed by atoms with van der Waals surface area (Å²) in [5, 5.41) is 0. The van der Waals surface area contributed by atoms with Gasteiger partial charge in [0.05, 0.1) is 5.69 Å². The summed E-state index contributed by atoms with van der Waals surface area (Å²) in [6.07, 6.45) is 3.55. The summed E-state index contributed by atoms with van der Waals surface area (Å²) in [5.41, 5.74) is 3.97. The lowest BCUT2D eigenvalue weighted by atomic mass is 10.1. The first kappa shape index (κ1) is 11.5. The number of hydrogen-bond donors (Lipinski definition) is 0. The zero-order valence-electron chi connectivity index (χ0n) is 10.6. The molecule has 2 heterocycles. The van der Waals surface area contributed by atoms with E-state index in [0.29, 0.717) is 0 Å². The molecule has 0 saturated carbocycles. The van der Waals surface area contributed by atoms with E-state index in [1.54, 1.807) is 12.4 Å². The highest BCUT2D eigenvalue weighted by atomic mass is 14.9. The maximum Gasteiger partial charge on any atom is 0.160 e. The normalized spacial score (nSPS) is 10.4. The molecule has 0 atom stereocenters. The second-order valence-electron chi connectivity index (χ2n) is 4.32. The Kier molecular flexibility index (Phi) is 3.02. The van der Waals surface area contributed by atoms with Gasteiger partial charge in [0.25, 0.3) is 0 Å². The van der Waals surface area contributed by atoms with Crippen LogP contribution in [0.4, 0.5) is 0 Å². The number of rotatable bonds is 2. The van der Waals surface area contributed by atoms with Gasteiger partial charge in [-0.1, -0.05) is 30.3 Å². The van der Waals surface area contributed by atoms with Crippen LogP contribution in [0.25, 0.3) is 22.6 Å². The first-order valence-corrected chi connectivity index (χ1v) is 6.14. The van der Waals surface area contributed by atoms with Crippen molar-refractivity contribution in [2.75, 3.05) is 0 Å². The molecule has 3 heteroatoms. The van der Waals surface area contributed by atoms with E-state index in [0.717, 1.165) is 28.3 Å². The van der Waals surface area contributed by atoms with E-state index >= 15 is 0 Å². The number of nitrogens with zero attached hydrogens (tertiary/aromatic N) is 3. The molecule has 2 aromatic heterocycles. The van der Waals surface area contributed by atoms with Crippen molar-refractivity contribution in [2.24, 2.45) is 0 Å². The van der Waals surface area contributed by atoms with E-state index in [1.165, 1.54) is 0 Å². The summed E-state index contributed by atoms with van der Waals surface area (Å²) in [6, 6.07) is 15.9. The van der Waals surface area contributed by atoms with Crippen LogP contribution in [0.2, 0.25) is 0 Å². The first-order chi connectivity index (χ1) is 9.33. The zero-order valence-corrected chi connectivity index (χ0v) is 10.6. The summed E-state index contributed by atoms with van der Waals surface area (Å²) < 4.78 is 0. The lowest BCUT2D eigenvalue weighted by Crippen LogP contribution is -1.94. The van der Waals surface area contributed by atoms with Gasteiger partial charge in [0.1, 0.15) is 0 Å². The molecule has 0 saturated heterocycles. The van der Waals surface area contributed by atoms with Crippen LogP contribution in [0.3, 0.4) is 0 Å². The molecule has 0 bridgehead atoms. The first-order valence-electron chi connectivity index (χ1n) is 6.14. The standard InChI is InChI=1S/C16H13N3/c1-12-11-15(13-7-9-17-10-8-13)19-16(18-12)14-5-3-2-4-6-14/h2-11H,1H3. The van der Waals surface area contributed by atoms with Crippen LogP contribution in [0, 0.1) is 6.92 Å². The molecule has 0 N–H and O–H groups in total. The minimum atomic E-state index is 0.757. The lowest BCUT2D eigenvalue weighted by molar-refractivity contribution is 1.11. The topological polar surface area (TPSA) is 38.7 Å². The Morgan fingerprint density at radius 1 is 0.789 bits per heavy atom. The maximum absolute atomic E-state index is 4.64. The third-order valence-corrected chi connectivity index (χ3v) is 2.86. The summed E-state index contributed by atoms with van der Waals surface area (Å²) >= 11 is 0. The monoisotopic (exact) mass is 247 g/mol. The quantitative estimate of drug-likeness (QED) is 0.695. The van der Waals surface area contributed by atoms with Gasteiger partial charge in [0.2, 0.25) is 0 Å². The molecule has 3 rings (SSSR count). The van der Waals surface area contributed by atoms with Crippen molar-refractivity contribution in [3.05, 3.63) is 66.6 Å². The third-order valence-electron chi connectivity index (χ3n) is 2.86. The molecule has 3 aromatic rings. The molecule has 3 nitrogen and oxygen atoms in total. The SMILES string of the molecule is Cc1cc(-c2ccncc2)nc(-c2ccccc2)n1. The predicted molar refractivity (Wildman–Crippen MR) is 75.4 cm³/mol. The van der Waals surface area contributed by atoms with Crippen molar-refractivity contribution >= 4 is 0 Å². The fourth-order valence-electron chi connectivity index (χ4n) is 1.96. The molecule has 1 aromatic carbocycles. The Labute approximate surface area is 112 Å². The molecule has 92 valence electrons. The van der Waals surface area contributed by atoms with Crippen LogP contribution in [-0.4, -0.2) is 15.0 Å². The van der Waals surface area contributed by atoms with Crippen molar-refractivity contribution in [3.63, 3.8) is 0 Å². The Bertz CT molecular complexity index is 621. The van der Waals surface area contributed by atoms with E-state index in [4.69, 9.17) is 0 Å². The Morgan fingerprint density at radius 3 is 2.26 bits per heavy atom. The van der Waals surface area contributed by atoms with Crippen LogP contribution in [-0.2, 0) is 0 Å². The van der Waals surface area contributed by atoms with Crippen LogP contribution >= 0.6 is 0 Å². The van der Waals surface area contributed by atoms with E-state index in [-0.39, 0.29) is 0 Å². The number of benzene rings is 1. The third kappa shape index (κ3) is 2.50. The lowest BCUT2D eigenvalue weighted by Gasteiger charge is -2.06. The minimum absolute atomic E-state index is 0.757. The fraction of sp³-hybridized carbons (Fsp3) is 0.0625. The van der Waals surface area contributed by atoms with Gasteiger partial charge in [0, 0.05) is 29.2 Å². The largest absolute Gasteiger partial charge is 0.265 e. The Morgan fingerprint density at radius 2 is 1.53 bits per heavy atom. The Hall–Kier alpha value is -2.55. The Balaban J connectivity index is 2.12. The van der Waals surface area contributed by atoms with Crippen molar-refractivity contribution in [1.82, 2.24) is 15.0 Å². The molecular weight excluding hydrogens is 234 g/mol. The molecular formula is C16H13N3. The van der Waals surface area contributed by atoms with Gasteiger partial charge in [-0.05, 0) is 25.1 Å². The van der Waals surface area contributed by atoms with Gasteiger partial charge in [-0.3, -0.25) is 4.98 Å². The van der Waals surface area contributed by atoms with Crippen molar-refractivity contribution in [1.29, 1.82) is 0 Å². The highest BCUT2D eigenvalue weighted by molar-refractivity contribution is 5.63. The van der Waals surface area contributed by atoms with Crippen LogP contribution in [0.5, 0.6) is 0 Å². The van der Waals surface area contributed by atoms with Crippen LogP contribution in [0.1, 0.15) is 5.69 Å². The highest BCUT2D eigenvalue weighted by Gasteiger charge is 2.06. The average Bonchev–Trinajstić information content (AvgIpc) is 2.48. The smallest absolute Gasteiger partial charge is 0.160 e. The minimum Gasteiger partial charge on any atom is -0.265 e. The van der Waals surface area contributed by atoms with Crippen LogP contribution < -0.4 is 0 Å². The van der Waals surface area contributed by atoms with E-state index < -0.39 is 0 Å². The number of hydrogen-bond acceptors (Lipinski definition) is 3. The number of aryl methyl sites for hydroxylation is 1. The second kappa shape index (κ2) is 4.98. The molecule has 0 fully saturated rings. The van der Waals surface area contributed by atoms with Gasteiger partial charge in [0.15, 0.2) is 5.82 Å². The molecule has 0 spiro atoms. The van der Waals surface area contributed by atoms with Gasteiger partial charge >= 0.3 is 0 Å². The second-order valence-corrected chi connectivity index (χ2v) is 4.32. The number of pyridine rings is 1. The predicted octanol–water partition coefficient (Wildman–Crippen LogP) is 3.51. The van der Waals surface area contributed by atoms with Crippen molar-refractivity contribution in [2.45, 2.75) is 6.92 Å². The molecule has 0 aliphatic carbocycles. The molecule has 0 radical (unpaired) electrons. The van der Waals surface area contributed by atoms with E-state index in [9.17, 15) is 0 Å². The molecule has 0 amide bonds. The van der Waals surface area contributed by atoms with Crippen LogP contribution in [0.15, 0.2) is 60.9 Å². The molecule has 19 heavy (non-hydrogen) atoms. The molecule has 0 unspecified atom stereocenters. The maximum atomic E-state index is 4.64. The van der Waals surface area contributed by atoms with Gasteiger partial charge in [-0.2, -0.15) is 0 Å². The number of aromatic nitrogens is 3. The summed E-state index contributed by atoms with van der Waals surface area (Å²) in [7, 11) is 0. The molecule has 0 aliphatic heterocycles. The van der Waals surface area contributed by atoms with Crippen molar-refractivity contribution in [3.8, 4) is 22.6 Å². The van der Waals surface area contributed by atoms with Gasteiger partial charge < -0.3 is 0 Å². The summed E-state index contributed by atoms with van der Waals surface area (Å²) in [5.74, 6) is 0.757. The van der Waals surface area contributed by atoms with E-state index in [2.05, 4.69) is 15.0 Å². The average molecular weight is 247 g/mol. The zero-order chi connectivity index (χ0) is 13.1. The van der Waals surface area contributed by atoms with E-state index in [1.807, 2.05) is 55.5 Å². The summed E-state index contributed by atoms with van der Waals surface area (Å²) in [4.78, 5) is 13.2. The van der Waals surface area contributed by atoms with Gasteiger partial charge in [-0.15, -0.1) is 0 Å².